The number of hydrogen-bond donors (Lipinski definition) is 1. The maximum absolute atomic E-state index is 13.9. The van der Waals surface area contributed by atoms with Crippen LogP contribution in [-0.2, 0) is 22.9 Å². The Morgan fingerprint density at radius 1 is 0.882 bits per heavy atom. The molecule has 1 aliphatic heterocycles. The average molecular weight is 478 g/mol. The zero-order valence-electron chi connectivity index (χ0n) is 18.7. The van der Waals surface area contributed by atoms with E-state index in [9.17, 15) is 18.5 Å². The van der Waals surface area contributed by atoms with Gasteiger partial charge in [-0.3, -0.25) is 10.1 Å². The Balaban J connectivity index is 1.63. The van der Waals surface area contributed by atoms with Crippen molar-refractivity contribution in [1.82, 2.24) is 4.31 Å². The normalized spacial score (nSPS) is 21.3. The Bertz CT molecular complexity index is 1280. The van der Waals surface area contributed by atoms with Crippen molar-refractivity contribution in [2.75, 3.05) is 6.54 Å². The Labute approximate surface area is 199 Å². The summed E-state index contributed by atoms with van der Waals surface area (Å²) < 4.78 is 29.3. The summed E-state index contributed by atoms with van der Waals surface area (Å²) in [5, 5.41) is 11.1. The topological polar surface area (TPSA) is 107 Å². The van der Waals surface area contributed by atoms with E-state index < -0.39 is 14.9 Å². The quantitative estimate of drug-likeness (QED) is 0.451. The third kappa shape index (κ3) is 4.02. The highest BCUT2D eigenvalue weighted by atomic mass is 32.2. The summed E-state index contributed by atoms with van der Waals surface area (Å²) in [6, 6.07) is 21.3. The van der Waals surface area contributed by atoms with Gasteiger partial charge in [0.2, 0.25) is 10.0 Å². The van der Waals surface area contributed by atoms with Gasteiger partial charge in [-0.05, 0) is 60.1 Å². The summed E-state index contributed by atoms with van der Waals surface area (Å²) in [6.07, 6.45) is 2.91. The van der Waals surface area contributed by atoms with E-state index in [-0.39, 0.29) is 28.6 Å². The van der Waals surface area contributed by atoms with Gasteiger partial charge < -0.3 is 5.73 Å². The summed E-state index contributed by atoms with van der Waals surface area (Å²) in [5.74, 6) is -0.144. The number of fused-ring (bicyclic) bond motifs is 2. The molecule has 1 fully saturated rings. The van der Waals surface area contributed by atoms with E-state index in [1.165, 1.54) is 35.4 Å². The molecular formula is C26H27N3O4S. The molecule has 1 aliphatic carbocycles. The van der Waals surface area contributed by atoms with Crippen LogP contribution >= 0.6 is 0 Å². The minimum Gasteiger partial charge on any atom is -0.328 e. The van der Waals surface area contributed by atoms with Gasteiger partial charge >= 0.3 is 0 Å². The van der Waals surface area contributed by atoms with Crippen LogP contribution in [0.4, 0.5) is 5.69 Å². The molecule has 2 aliphatic rings. The number of benzene rings is 3. The van der Waals surface area contributed by atoms with Gasteiger partial charge in [0.25, 0.3) is 5.69 Å². The highest BCUT2D eigenvalue weighted by Crippen LogP contribution is 2.42. The van der Waals surface area contributed by atoms with E-state index in [0.717, 1.165) is 24.0 Å². The fourth-order valence-corrected chi connectivity index (χ4v) is 7.12. The van der Waals surface area contributed by atoms with Crippen LogP contribution in [-0.4, -0.2) is 36.3 Å². The lowest BCUT2D eigenvalue weighted by Crippen LogP contribution is -2.52. The van der Waals surface area contributed by atoms with E-state index in [4.69, 9.17) is 5.73 Å². The van der Waals surface area contributed by atoms with E-state index in [2.05, 4.69) is 24.3 Å². The minimum atomic E-state index is -3.89. The molecule has 0 bridgehead atoms. The smallest absolute Gasteiger partial charge is 0.269 e. The largest absolute Gasteiger partial charge is 0.328 e. The first-order valence-corrected chi connectivity index (χ1v) is 13.0. The van der Waals surface area contributed by atoms with Crippen LogP contribution in [0.2, 0.25) is 0 Å². The standard InChI is InChI=1S/C26H27N3O4S/c27-20-15-16-28(34(32,33)22-13-11-21(12-14-22)29(30)31)25(17-20)26-23-7-3-1-5-18(23)9-10-19-6-2-4-8-24(19)26/h1-8,11-14,20,25-26H,9-10,15-17,27H2. The molecule has 0 radical (unpaired) electrons. The molecule has 176 valence electrons. The molecule has 3 aromatic carbocycles. The molecule has 1 heterocycles. The van der Waals surface area contributed by atoms with Gasteiger partial charge in [-0.1, -0.05) is 48.5 Å². The number of aryl methyl sites for hydroxylation is 2. The van der Waals surface area contributed by atoms with E-state index >= 15 is 0 Å². The van der Waals surface area contributed by atoms with Crippen molar-refractivity contribution >= 4 is 15.7 Å². The predicted molar refractivity (Wildman–Crippen MR) is 130 cm³/mol. The molecule has 8 heteroatoms. The van der Waals surface area contributed by atoms with Crippen LogP contribution in [0, 0.1) is 10.1 Å². The molecule has 5 rings (SSSR count). The second-order valence-electron chi connectivity index (χ2n) is 9.09. The number of rotatable bonds is 4. The van der Waals surface area contributed by atoms with Gasteiger partial charge in [-0.25, -0.2) is 8.42 Å². The highest BCUT2D eigenvalue weighted by molar-refractivity contribution is 7.89. The number of nitrogens with two attached hydrogens (primary N) is 1. The molecule has 0 aromatic heterocycles. The second kappa shape index (κ2) is 8.94. The van der Waals surface area contributed by atoms with Crippen molar-refractivity contribution in [3.8, 4) is 0 Å². The third-order valence-electron chi connectivity index (χ3n) is 7.12. The van der Waals surface area contributed by atoms with Crippen LogP contribution in [0.1, 0.15) is 41.0 Å². The zero-order chi connectivity index (χ0) is 23.9. The first-order chi connectivity index (χ1) is 16.4. The van der Waals surface area contributed by atoms with Crippen LogP contribution < -0.4 is 5.73 Å². The summed E-state index contributed by atoms with van der Waals surface area (Å²) in [7, 11) is -3.89. The van der Waals surface area contributed by atoms with Crippen LogP contribution in [0.5, 0.6) is 0 Å². The Hall–Kier alpha value is -3.07. The van der Waals surface area contributed by atoms with Gasteiger partial charge in [0.15, 0.2) is 0 Å². The maximum atomic E-state index is 13.9. The fraction of sp³-hybridized carbons (Fsp3) is 0.308. The maximum Gasteiger partial charge on any atom is 0.269 e. The molecule has 34 heavy (non-hydrogen) atoms. The van der Waals surface area contributed by atoms with Crippen molar-refractivity contribution in [2.24, 2.45) is 5.73 Å². The molecule has 2 unspecified atom stereocenters. The molecule has 1 saturated heterocycles. The number of nitrogens with zero attached hydrogens (tertiary/aromatic N) is 2. The third-order valence-corrected chi connectivity index (χ3v) is 9.06. The highest BCUT2D eigenvalue weighted by Gasteiger charge is 2.42. The van der Waals surface area contributed by atoms with Crippen LogP contribution in [0.25, 0.3) is 0 Å². The average Bonchev–Trinajstić information content (AvgIpc) is 3.01. The molecule has 2 N–H and O–H groups in total. The number of hydrogen-bond acceptors (Lipinski definition) is 5. The molecule has 3 aromatic rings. The summed E-state index contributed by atoms with van der Waals surface area (Å²) in [5.41, 5.74) is 11.0. The SMILES string of the molecule is NC1CCN(S(=O)(=O)c2ccc([N+](=O)[O-])cc2)C(C2c3ccccc3CCc3ccccc32)C1. The summed E-state index contributed by atoms with van der Waals surface area (Å²) in [6.45, 7) is 0.311. The van der Waals surface area contributed by atoms with Crippen molar-refractivity contribution in [3.05, 3.63) is 105 Å². The van der Waals surface area contributed by atoms with Crippen molar-refractivity contribution in [1.29, 1.82) is 0 Å². The molecule has 0 spiro atoms. The van der Waals surface area contributed by atoms with Crippen LogP contribution in [0.3, 0.4) is 0 Å². The lowest BCUT2D eigenvalue weighted by molar-refractivity contribution is -0.384. The second-order valence-corrected chi connectivity index (χ2v) is 11.0. The first-order valence-electron chi connectivity index (χ1n) is 11.5. The zero-order valence-corrected chi connectivity index (χ0v) is 19.5. The lowest BCUT2D eigenvalue weighted by Gasteiger charge is -2.42. The molecule has 0 saturated carbocycles. The first kappa shape index (κ1) is 22.7. The van der Waals surface area contributed by atoms with Crippen molar-refractivity contribution < 1.29 is 13.3 Å². The van der Waals surface area contributed by atoms with E-state index in [1.807, 2.05) is 24.3 Å². The molecular weight excluding hydrogens is 450 g/mol. The van der Waals surface area contributed by atoms with Crippen molar-refractivity contribution in [3.63, 3.8) is 0 Å². The Kier molecular flexibility index (Phi) is 5.97. The number of nitro groups is 1. The van der Waals surface area contributed by atoms with Gasteiger partial charge in [0.05, 0.1) is 9.82 Å². The summed E-state index contributed by atoms with van der Waals surface area (Å²) in [4.78, 5) is 10.6. The van der Waals surface area contributed by atoms with Gasteiger partial charge in [0.1, 0.15) is 0 Å². The van der Waals surface area contributed by atoms with Gasteiger partial charge in [-0.2, -0.15) is 4.31 Å². The summed E-state index contributed by atoms with van der Waals surface area (Å²) >= 11 is 0. The fourth-order valence-electron chi connectivity index (χ4n) is 5.46. The predicted octanol–water partition coefficient (Wildman–Crippen LogP) is 4.01. The molecule has 2 atom stereocenters. The van der Waals surface area contributed by atoms with Crippen molar-refractivity contribution in [2.45, 2.75) is 48.6 Å². The number of non-ortho nitro benzene ring substituents is 1. The monoisotopic (exact) mass is 477 g/mol. The van der Waals surface area contributed by atoms with Crippen LogP contribution in [0.15, 0.2) is 77.7 Å². The lowest BCUT2D eigenvalue weighted by atomic mass is 9.78. The Morgan fingerprint density at radius 3 is 2.00 bits per heavy atom. The van der Waals surface area contributed by atoms with E-state index in [0.29, 0.717) is 19.4 Å². The number of nitro benzene ring substituents is 1. The number of sulfonamides is 1. The van der Waals surface area contributed by atoms with Gasteiger partial charge in [-0.15, -0.1) is 0 Å². The van der Waals surface area contributed by atoms with E-state index in [1.54, 1.807) is 4.31 Å². The minimum absolute atomic E-state index is 0.0637. The van der Waals surface area contributed by atoms with Gasteiger partial charge in [0, 0.05) is 36.7 Å². The molecule has 7 nitrogen and oxygen atoms in total. The molecule has 0 amide bonds. The Morgan fingerprint density at radius 2 is 1.44 bits per heavy atom. The number of piperidine rings is 1.